The van der Waals surface area contributed by atoms with E-state index in [1.165, 1.54) is 6.08 Å². The molecule has 0 aromatic rings. The fraction of sp³-hybridized carbons (Fsp3) is 0.357. The highest BCUT2D eigenvalue weighted by atomic mass is 19.1. The summed E-state index contributed by atoms with van der Waals surface area (Å²) in [5.41, 5.74) is 1.35. The summed E-state index contributed by atoms with van der Waals surface area (Å²) < 4.78 is 17.7. The molecule has 19 heavy (non-hydrogen) atoms. The highest BCUT2D eigenvalue weighted by Crippen LogP contribution is 2.16. The first kappa shape index (κ1) is 13.4. The van der Waals surface area contributed by atoms with Crippen LogP contribution in [-0.4, -0.2) is 37.4 Å². The van der Waals surface area contributed by atoms with Gasteiger partial charge < -0.3 is 15.2 Å². The van der Waals surface area contributed by atoms with Crippen molar-refractivity contribution in [2.45, 2.75) is 12.5 Å². The number of allylic oxidation sites excluding steroid dienone is 3. The Morgan fingerprint density at radius 3 is 3.11 bits per heavy atom. The second kappa shape index (κ2) is 6.21. The van der Waals surface area contributed by atoms with Gasteiger partial charge in [0.2, 0.25) is 0 Å². The number of aliphatic imine (C=N–C) groups is 1. The summed E-state index contributed by atoms with van der Waals surface area (Å²) in [6.45, 7) is -0.557. The van der Waals surface area contributed by atoms with Crippen LogP contribution in [0.1, 0.15) is 6.42 Å². The number of amidine groups is 1. The fourth-order valence-corrected chi connectivity index (χ4v) is 1.79. The molecule has 5 heteroatoms. The van der Waals surface area contributed by atoms with Crippen LogP contribution in [0.4, 0.5) is 4.39 Å². The molecule has 0 aliphatic carbocycles. The molecule has 0 bridgehead atoms. The third-order valence-electron chi connectivity index (χ3n) is 2.73. The van der Waals surface area contributed by atoms with Gasteiger partial charge in [-0.05, 0) is 30.1 Å². The normalized spacial score (nSPS) is 25.5. The van der Waals surface area contributed by atoms with Gasteiger partial charge in [-0.25, -0.2) is 4.39 Å². The van der Waals surface area contributed by atoms with Crippen molar-refractivity contribution in [2.24, 2.45) is 4.99 Å². The first-order valence-electron chi connectivity index (χ1n) is 5.98. The van der Waals surface area contributed by atoms with E-state index in [1.54, 1.807) is 13.1 Å². The van der Waals surface area contributed by atoms with Crippen molar-refractivity contribution in [1.82, 2.24) is 5.32 Å². The second-order valence-corrected chi connectivity index (χ2v) is 4.05. The van der Waals surface area contributed by atoms with Gasteiger partial charge in [0.25, 0.3) is 0 Å². The predicted octanol–water partition coefficient (Wildman–Crippen LogP) is 1.07. The molecule has 2 rings (SSSR count). The second-order valence-electron chi connectivity index (χ2n) is 4.05. The Labute approximate surface area is 111 Å². The molecule has 1 atom stereocenters. The summed E-state index contributed by atoms with van der Waals surface area (Å²) in [5.74, 6) is 6.93. The Morgan fingerprint density at radius 1 is 1.63 bits per heavy atom. The van der Waals surface area contributed by atoms with Gasteiger partial charge in [0.1, 0.15) is 18.6 Å². The molecule has 0 aromatic heterocycles. The van der Waals surface area contributed by atoms with Gasteiger partial charge in [-0.3, -0.25) is 4.99 Å². The topological polar surface area (TPSA) is 53.9 Å². The molecule has 1 unspecified atom stereocenters. The summed E-state index contributed by atoms with van der Waals surface area (Å²) >= 11 is 0. The van der Waals surface area contributed by atoms with Crippen LogP contribution in [0.2, 0.25) is 0 Å². The van der Waals surface area contributed by atoms with E-state index in [-0.39, 0.29) is 12.7 Å². The molecular weight excluding hydrogens is 247 g/mol. The summed E-state index contributed by atoms with van der Waals surface area (Å²) in [7, 11) is 1.63. The molecule has 0 radical (unpaired) electrons. The summed E-state index contributed by atoms with van der Waals surface area (Å²) in [4.78, 5) is 4.01. The largest absolute Gasteiger partial charge is 0.480 e. The Balaban J connectivity index is 2.06. The zero-order valence-corrected chi connectivity index (χ0v) is 10.6. The minimum atomic E-state index is -0.542. The minimum Gasteiger partial charge on any atom is -0.480 e. The average Bonchev–Trinajstić information content (AvgIpc) is 3.03. The number of aliphatic hydroxyl groups is 1. The van der Waals surface area contributed by atoms with Crippen molar-refractivity contribution >= 4 is 5.84 Å². The lowest BCUT2D eigenvalue weighted by Gasteiger charge is -2.05. The Morgan fingerprint density at radius 2 is 2.47 bits per heavy atom. The molecule has 0 spiro atoms. The zero-order valence-electron chi connectivity index (χ0n) is 10.6. The molecular formula is C14H15FN2O2. The number of halogens is 1. The smallest absolute Gasteiger partial charge is 0.167 e. The van der Waals surface area contributed by atoms with Gasteiger partial charge in [0.15, 0.2) is 5.76 Å². The van der Waals surface area contributed by atoms with Gasteiger partial charge >= 0.3 is 0 Å². The number of aliphatic hydroxyl groups excluding tert-OH is 1. The van der Waals surface area contributed by atoms with Crippen molar-refractivity contribution < 1.29 is 14.2 Å². The maximum atomic E-state index is 12.3. The molecule has 2 aliphatic rings. The Hall–Kier alpha value is -2.06. The maximum Gasteiger partial charge on any atom is 0.167 e. The van der Waals surface area contributed by atoms with E-state index in [9.17, 15) is 4.39 Å². The highest BCUT2D eigenvalue weighted by molar-refractivity contribution is 6.05. The molecule has 2 N–H and O–H groups in total. The van der Waals surface area contributed by atoms with Crippen LogP contribution >= 0.6 is 0 Å². The molecule has 0 saturated heterocycles. The van der Waals surface area contributed by atoms with E-state index in [0.29, 0.717) is 29.3 Å². The molecule has 0 aromatic carbocycles. The average molecular weight is 262 g/mol. The van der Waals surface area contributed by atoms with Crippen molar-refractivity contribution in [3.63, 3.8) is 0 Å². The van der Waals surface area contributed by atoms with Gasteiger partial charge in [-0.2, -0.15) is 0 Å². The van der Waals surface area contributed by atoms with E-state index >= 15 is 0 Å². The van der Waals surface area contributed by atoms with Crippen LogP contribution in [0.3, 0.4) is 0 Å². The number of nitrogens with zero attached hydrogens (tertiary/aromatic N) is 1. The SMILES string of the molecule is CN=C1NC(C#CC2=CCC(CO)O2)=C/C1=C/CF. The van der Waals surface area contributed by atoms with Crippen molar-refractivity contribution in [2.75, 3.05) is 20.3 Å². The Kier molecular flexibility index (Phi) is 4.37. The molecule has 0 fully saturated rings. The molecule has 100 valence electrons. The molecule has 4 nitrogen and oxygen atoms in total. The summed E-state index contributed by atoms with van der Waals surface area (Å²) in [6, 6.07) is 0. The molecule has 0 amide bonds. The standard InChI is InChI=1S/C14H15FN2O2/c1-16-14-10(6-7-15)8-11(17-14)2-3-12-4-5-13(9-18)19-12/h4,6,8,13,18H,5,7,9H2,1H3,(H,16,17)/b10-6-. The monoisotopic (exact) mass is 262 g/mol. The van der Waals surface area contributed by atoms with Crippen molar-refractivity contribution in [3.8, 4) is 11.8 Å². The van der Waals surface area contributed by atoms with Crippen LogP contribution in [0.25, 0.3) is 0 Å². The van der Waals surface area contributed by atoms with Crippen LogP contribution in [-0.2, 0) is 4.74 Å². The quantitative estimate of drug-likeness (QED) is 0.732. The van der Waals surface area contributed by atoms with Crippen molar-refractivity contribution in [1.29, 1.82) is 0 Å². The predicted molar refractivity (Wildman–Crippen MR) is 71.1 cm³/mol. The maximum absolute atomic E-state index is 12.3. The molecule has 2 heterocycles. The van der Waals surface area contributed by atoms with Crippen LogP contribution in [0.5, 0.6) is 0 Å². The fourth-order valence-electron chi connectivity index (χ4n) is 1.79. The van der Waals surface area contributed by atoms with E-state index in [1.807, 2.05) is 6.08 Å². The number of alkyl halides is 1. The number of ether oxygens (including phenoxy) is 1. The van der Waals surface area contributed by atoms with Crippen LogP contribution in [0.15, 0.2) is 40.2 Å². The van der Waals surface area contributed by atoms with Gasteiger partial charge in [0.05, 0.1) is 12.3 Å². The number of nitrogens with one attached hydrogen (secondary N) is 1. The summed E-state index contributed by atoms with van der Waals surface area (Å²) in [5, 5.41) is 11.9. The first-order valence-corrected chi connectivity index (χ1v) is 5.98. The van der Waals surface area contributed by atoms with Crippen molar-refractivity contribution in [3.05, 3.63) is 35.3 Å². The van der Waals surface area contributed by atoms with Gasteiger partial charge in [-0.15, -0.1) is 0 Å². The molecule has 0 saturated carbocycles. The van der Waals surface area contributed by atoms with E-state index < -0.39 is 6.67 Å². The van der Waals surface area contributed by atoms with E-state index in [0.717, 1.165) is 0 Å². The number of hydrogen-bond donors (Lipinski definition) is 2. The lowest BCUT2D eigenvalue weighted by atomic mass is 10.2. The van der Waals surface area contributed by atoms with Crippen LogP contribution in [0, 0.1) is 11.8 Å². The van der Waals surface area contributed by atoms with E-state index in [4.69, 9.17) is 9.84 Å². The number of hydrogen-bond acceptors (Lipinski definition) is 3. The van der Waals surface area contributed by atoms with Crippen LogP contribution < -0.4 is 5.32 Å². The number of rotatable bonds is 2. The third kappa shape index (κ3) is 3.24. The van der Waals surface area contributed by atoms with Gasteiger partial charge in [0, 0.05) is 19.0 Å². The lowest BCUT2D eigenvalue weighted by molar-refractivity contribution is 0.0867. The minimum absolute atomic E-state index is 0.0152. The third-order valence-corrected chi connectivity index (χ3v) is 2.73. The Bertz CT molecular complexity index is 535. The first-order chi connectivity index (χ1) is 9.26. The van der Waals surface area contributed by atoms with Gasteiger partial charge in [-0.1, -0.05) is 0 Å². The summed E-state index contributed by atoms with van der Waals surface area (Å²) in [6.07, 6.45) is 5.51. The van der Waals surface area contributed by atoms with E-state index in [2.05, 4.69) is 22.2 Å². The molecule has 2 aliphatic heterocycles. The lowest BCUT2D eigenvalue weighted by Crippen LogP contribution is -2.16. The zero-order chi connectivity index (χ0) is 13.7. The highest BCUT2D eigenvalue weighted by Gasteiger charge is 2.16.